The number of hydrogen-bond donors (Lipinski definition) is 0. The maximum atomic E-state index is 13.5. The van der Waals surface area contributed by atoms with Crippen molar-refractivity contribution in [1.29, 1.82) is 0 Å². The van der Waals surface area contributed by atoms with Gasteiger partial charge in [0.25, 0.3) is 0 Å². The molecule has 4 rings (SSSR count). The maximum absolute atomic E-state index is 13.5. The van der Waals surface area contributed by atoms with E-state index in [9.17, 15) is 9.18 Å². The summed E-state index contributed by atoms with van der Waals surface area (Å²) in [5.74, 6) is 0.941. The number of rotatable bonds is 5. The lowest BCUT2D eigenvalue weighted by molar-refractivity contribution is -0.137. The van der Waals surface area contributed by atoms with Gasteiger partial charge in [0.2, 0.25) is 17.6 Å². The molecule has 8 nitrogen and oxygen atoms in total. The van der Waals surface area contributed by atoms with Gasteiger partial charge in [0, 0.05) is 44.8 Å². The minimum absolute atomic E-state index is 0.0232. The summed E-state index contributed by atoms with van der Waals surface area (Å²) in [6, 6.07) is 4.77. The zero-order valence-electron chi connectivity index (χ0n) is 17.5. The number of halogens is 1. The van der Waals surface area contributed by atoms with Crippen LogP contribution in [0.1, 0.15) is 24.4 Å². The summed E-state index contributed by atoms with van der Waals surface area (Å²) < 4.78 is 24.3. The van der Waals surface area contributed by atoms with Gasteiger partial charge in [-0.15, -0.1) is 0 Å². The molecule has 0 bridgehead atoms. The molecule has 1 atom stereocenters. The van der Waals surface area contributed by atoms with Gasteiger partial charge in [0.15, 0.2) is 0 Å². The summed E-state index contributed by atoms with van der Waals surface area (Å²) in [7, 11) is 0. The Labute approximate surface area is 175 Å². The number of carbonyl (C=O) groups excluding carboxylic acids is 1. The van der Waals surface area contributed by atoms with E-state index in [1.165, 1.54) is 6.07 Å². The van der Waals surface area contributed by atoms with Gasteiger partial charge in [-0.05, 0) is 37.6 Å². The molecule has 30 heavy (non-hydrogen) atoms. The standard InChI is InChI=1S/C21H28FN5O3/c1-15-13-17(3-4-18(15)22)20-23-21(30-24-20)16(2)26-7-5-25(6-8-26)14-19(28)27-9-11-29-12-10-27/h3-4,13,16H,5-12,14H2,1-2H3. The van der Waals surface area contributed by atoms with Crippen molar-refractivity contribution in [2.24, 2.45) is 0 Å². The summed E-state index contributed by atoms with van der Waals surface area (Å²) in [4.78, 5) is 23.3. The number of nitrogens with zero attached hydrogens (tertiary/aromatic N) is 5. The van der Waals surface area contributed by atoms with E-state index in [-0.39, 0.29) is 17.8 Å². The number of carbonyl (C=O) groups is 1. The summed E-state index contributed by atoms with van der Waals surface area (Å²) in [5, 5.41) is 4.07. The number of aromatic nitrogens is 2. The quantitative estimate of drug-likeness (QED) is 0.733. The first kappa shape index (κ1) is 20.9. The first-order valence-corrected chi connectivity index (χ1v) is 10.4. The van der Waals surface area contributed by atoms with Gasteiger partial charge in [-0.3, -0.25) is 14.6 Å². The third kappa shape index (κ3) is 4.69. The highest BCUT2D eigenvalue weighted by molar-refractivity contribution is 5.78. The topological polar surface area (TPSA) is 74.9 Å². The van der Waals surface area contributed by atoms with Gasteiger partial charge >= 0.3 is 0 Å². The molecule has 3 heterocycles. The van der Waals surface area contributed by atoms with Crippen LogP contribution in [0.25, 0.3) is 11.4 Å². The zero-order chi connectivity index (χ0) is 21.1. The molecular weight excluding hydrogens is 389 g/mol. The Kier molecular flexibility index (Phi) is 6.40. The predicted octanol–water partition coefficient (Wildman–Crippen LogP) is 1.72. The van der Waals surface area contributed by atoms with Crippen LogP contribution in [0.3, 0.4) is 0 Å². The molecule has 1 aromatic heterocycles. The van der Waals surface area contributed by atoms with Gasteiger partial charge in [-0.1, -0.05) is 5.16 Å². The third-order valence-corrected chi connectivity index (χ3v) is 5.89. The molecule has 2 aromatic rings. The van der Waals surface area contributed by atoms with Crippen LogP contribution in [-0.4, -0.2) is 89.8 Å². The highest BCUT2D eigenvalue weighted by atomic mass is 19.1. The zero-order valence-corrected chi connectivity index (χ0v) is 17.5. The molecule has 9 heteroatoms. The van der Waals surface area contributed by atoms with Crippen molar-refractivity contribution in [1.82, 2.24) is 24.8 Å². The smallest absolute Gasteiger partial charge is 0.244 e. The fourth-order valence-electron chi connectivity index (χ4n) is 3.87. The SMILES string of the molecule is Cc1cc(-c2noc(C(C)N3CCN(CC(=O)N4CCOCC4)CC3)n2)ccc1F. The summed E-state index contributed by atoms with van der Waals surface area (Å²) in [5.41, 5.74) is 1.29. The lowest BCUT2D eigenvalue weighted by atomic mass is 10.1. The number of benzene rings is 1. The number of hydrogen-bond acceptors (Lipinski definition) is 7. The van der Waals surface area contributed by atoms with Crippen LogP contribution in [0.15, 0.2) is 22.7 Å². The lowest BCUT2D eigenvalue weighted by Gasteiger charge is -2.37. The molecule has 1 aromatic carbocycles. The second kappa shape index (κ2) is 9.20. The molecule has 0 N–H and O–H groups in total. The third-order valence-electron chi connectivity index (χ3n) is 5.89. The minimum Gasteiger partial charge on any atom is -0.378 e. The van der Waals surface area contributed by atoms with Crippen LogP contribution < -0.4 is 0 Å². The molecule has 2 aliphatic heterocycles. The van der Waals surface area contributed by atoms with Crippen molar-refractivity contribution < 1.29 is 18.4 Å². The van der Waals surface area contributed by atoms with E-state index in [0.717, 1.165) is 31.7 Å². The van der Waals surface area contributed by atoms with Crippen LogP contribution >= 0.6 is 0 Å². The Morgan fingerprint density at radius 3 is 2.60 bits per heavy atom. The molecular formula is C21H28FN5O3. The molecule has 1 amide bonds. The van der Waals surface area contributed by atoms with E-state index in [1.54, 1.807) is 19.1 Å². The molecule has 2 saturated heterocycles. The van der Waals surface area contributed by atoms with E-state index < -0.39 is 0 Å². The normalized spacial score (nSPS) is 19.8. The van der Waals surface area contributed by atoms with Crippen LogP contribution in [-0.2, 0) is 9.53 Å². The number of ether oxygens (including phenoxy) is 1. The van der Waals surface area contributed by atoms with E-state index >= 15 is 0 Å². The van der Waals surface area contributed by atoms with Crippen molar-refractivity contribution >= 4 is 5.91 Å². The Bertz CT molecular complexity index is 875. The van der Waals surface area contributed by atoms with Crippen LogP contribution in [0.4, 0.5) is 4.39 Å². The highest BCUT2D eigenvalue weighted by Gasteiger charge is 2.28. The van der Waals surface area contributed by atoms with E-state index in [1.807, 2.05) is 11.8 Å². The fourth-order valence-corrected chi connectivity index (χ4v) is 3.87. The Morgan fingerprint density at radius 2 is 1.90 bits per heavy atom. The van der Waals surface area contributed by atoms with Crippen molar-refractivity contribution in [2.45, 2.75) is 19.9 Å². The molecule has 162 valence electrons. The average Bonchev–Trinajstić information content (AvgIpc) is 3.26. The number of aryl methyl sites for hydroxylation is 1. The minimum atomic E-state index is -0.249. The van der Waals surface area contributed by atoms with Crippen molar-refractivity contribution in [3.05, 3.63) is 35.5 Å². The van der Waals surface area contributed by atoms with Crippen LogP contribution in [0.5, 0.6) is 0 Å². The Balaban J connectivity index is 1.31. The fraction of sp³-hybridized carbons (Fsp3) is 0.571. The van der Waals surface area contributed by atoms with Gasteiger partial charge in [0.05, 0.1) is 25.8 Å². The molecule has 0 saturated carbocycles. The van der Waals surface area contributed by atoms with Gasteiger partial charge < -0.3 is 14.2 Å². The molecule has 0 aliphatic carbocycles. The average molecular weight is 417 g/mol. The summed E-state index contributed by atoms with van der Waals surface area (Å²) in [6.07, 6.45) is 0. The summed E-state index contributed by atoms with van der Waals surface area (Å²) >= 11 is 0. The number of morpholine rings is 1. The van der Waals surface area contributed by atoms with Gasteiger partial charge in [-0.25, -0.2) is 4.39 Å². The number of amides is 1. The second-order valence-corrected chi connectivity index (χ2v) is 7.90. The highest BCUT2D eigenvalue weighted by Crippen LogP contribution is 2.24. The monoisotopic (exact) mass is 417 g/mol. The summed E-state index contributed by atoms with van der Waals surface area (Å²) in [6.45, 7) is 10.1. The van der Waals surface area contributed by atoms with Crippen LogP contribution in [0, 0.1) is 12.7 Å². The Morgan fingerprint density at radius 1 is 1.17 bits per heavy atom. The molecule has 2 fully saturated rings. The first-order chi connectivity index (χ1) is 14.5. The molecule has 0 spiro atoms. The molecule has 2 aliphatic rings. The van der Waals surface area contributed by atoms with Crippen molar-refractivity contribution in [2.75, 3.05) is 59.0 Å². The largest absolute Gasteiger partial charge is 0.378 e. The van der Waals surface area contributed by atoms with Crippen LogP contribution in [0.2, 0.25) is 0 Å². The predicted molar refractivity (Wildman–Crippen MR) is 108 cm³/mol. The maximum Gasteiger partial charge on any atom is 0.244 e. The lowest BCUT2D eigenvalue weighted by Crippen LogP contribution is -2.51. The van der Waals surface area contributed by atoms with Gasteiger partial charge in [-0.2, -0.15) is 4.98 Å². The van der Waals surface area contributed by atoms with Crippen molar-refractivity contribution in [3.63, 3.8) is 0 Å². The van der Waals surface area contributed by atoms with Gasteiger partial charge in [0.1, 0.15) is 5.82 Å². The van der Waals surface area contributed by atoms with E-state index in [4.69, 9.17) is 9.26 Å². The van der Waals surface area contributed by atoms with Crippen molar-refractivity contribution in [3.8, 4) is 11.4 Å². The van der Waals surface area contributed by atoms with E-state index in [0.29, 0.717) is 50.1 Å². The second-order valence-electron chi connectivity index (χ2n) is 7.90. The molecule has 0 radical (unpaired) electrons. The van der Waals surface area contributed by atoms with E-state index in [2.05, 4.69) is 19.9 Å². The number of piperazine rings is 1. The molecule has 1 unspecified atom stereocenters. The first-order valence-electron chi connectivity index (χ1n) is 10.4. The Hall–Kier alpha value is -2.36.